The number of hydrogen-bond acceptors (Lipinski definition) is 5. The predicted octanol–water partition coefficient (Wildman–Crippen LogP) is 0.341. The lowest BCUT2D eigenvalue weighted by atomic mass is 9.93. The number of carbonyl (C=O) groups is 2. The van der Waals surface area contributed by atoms with Gasteiger partial charge in [-0.3, -0.25) is 9.59 Å². The monoisotopic (exact) mass is 354 g/mol. The molecule has 2 N–H and O–H groups in total. The number of hydrogen-bond donors (Lipinski definition) is 2. The van der Waals surface area contributed by atoms with Gasteiger partial charge in [-0.05, 0) is 17.5 Å². The van der Waals surface area contributed by atoms with Gasteiger partial charge in [0.1, 0.15) is 11.9 Å². The van der Waals surface area contributed by atoms with E-state index in [0.717, 1.165) is 11.1 Å². The Morgan fingerprint density at radius 3 is 2.50 bits per heavy atom. The Balaban J connectivity index is 1.37. The van der Waals surface area contributed by atoms with Gasteiger partial charge in [0, 0.05) is 25.4 Å². The number of aryl methyl sites for hydroxylation is 1. The van der Waals surface area contributed by atoms with Crippen LogP contribution in [0.4, 0.5) is 0 Å². The number of amides is 2. The fourth-order valence-electron chi connectivity index (χ4n) is 2.91. The number of aliphatic hydroxyl groups is 1. The zero-order valence-corrected chi connectivity index (χ0v) is 14.5. The van der Waals surface area contributed by atoms with E-state index in [1.165, 1.54) is 6.33 Å². The van der Waals surface area contributed by atoms with Gasteiger partial charge < -0.3 is 15.3 Å². The molecule has 7 heteroatoms. The number of benzene rings is 1. The van der Waals surface area contributed by atoms with Gasteiger partial charge in [0.05, 0.1) is 19.5 Å². The Morgan fingerprint density at radius 1 is 1.12 bits per heavy atom. The SMILES string of the molecule is O=C(CCc1ccccc1)NCC1(O)CN(C(=O)Cc2cncnc2)C1. The van der Waals surface area contributed by atoms with Gasteiger partial charge in [-0.25, -0.2) is 9.97 Å². The molecule has 2 heterocycles. The maximum Gasteiger partial charge on any atom is 0.227 e. The fourth-order valence-corrected chi connectivity index (χ4v) is 2.91. The Hall–Kier alpha value is -2.80. The highest BCUT2D eigenvalue weighted by atomic mass is 16.3. The second-order valence-corrected chi connectivity index (χ2v) is 6.66. The number of likely N-dealkylation sites (tertiary alicyclic amines) is 1. The van der Waals surface area contributed by atoms with Crippen LogP contribution >= 0.6 is 0 Å². The van der Waals surface area contributed by atoms with Crippen molar-refractivity contribution < 1.29 is 14.7 Å². The van der Waals surface area contributed by atoms with Crippen molar-refractivity contribution in [2.45, 2.75) is 24.9 Å². The summed E-state index contributed by atoms with van der Waals surface area (Å²) in [6, 6.07) is 9.78. The lowest BCUT2D eigenvalue weighted by molar-refractivity contribution is -0.154. The molecule has 0 unspecified atom stereocenters. The summed E-state index contributed by atoms with van der Waals surface area (Å²) in [6.07, 6.45) is 5.86. The van der Waals surface area contributed by atoms with E-state index in [0.29, 0.717) is 12.8 Å². The minimum absolute atomic E-state index is 0.0834. The number of rotatable bonds is 7. The zero-order valence-electron chi connectivity index (χ0n) is 14.5. The predicted molar refractivity (Wildman–Crippen MR) is 95.0 cm³/mol. The standard InChI is InChI=1S/C19H22N4O3/c24-17(7-6-15-4-2-1-3-5-15)22-11-19(26)12-23(13-19)18(25)8-16-9-20-14-21-10-16/h1-5,9-10,14,26H,6-8,11-13H2,(H,22,24). The average Bonchev–Trinajstić information content (AvgIpc) is 2.64. The third-order valence-electron chi connectivity index (χ3n) is 4.39. The topological polar surface area (TPSA) is 95.4 Å². The molecule has 0 aliphatic carbocycles. The summed E-state index contributed by atoms with van der Waals surface area (Å²) in [5.41, 5.74) is 0.791. The zero-order chi connectivity index (χ0) is 18.4. The average molecular weight is 354 g/mol. The third-order valence-corrected chi connectivity index (χ3v) is 4.39. The molecule has 2 amide bonds. The van der Waals surface area contributed by atoms with Crippen molar-refractivity contribution in [1.29, 1.82) is 0 Å². The van der Waals surface area contributed by atoms with E-state index in [1.54, 1.807) is 17.3 Å². The maximum absolute atomic E-state index is 12.2. The molecule has 1 saturated heterocycles. The second kappa shape index (κ2) is 8.05. The van der Waals surface area contributed by atoms with Crippen molar-refractivity contribution in [2.24, 2.45) is 0 Å². The highest BCUT2D eigenvalue weighted by molar-refractivity contribution is 5.80. The number of nitrogens with zero attached hydrogens (tertiary/aromatic N) is 3. The summed E-state index contributed by atoms with van der Waals surface area (Å²) in [4.78, 5) is 33.4. The fraction of sp³-hybridized carbons (Fsp3) is 0.368. The molecule has 0 atom stereocenters. The molecule has 0 bridgehead atoms. The van der Waals surface area contributed by atoms with Crippen LogP contribution in [0.3, 0.4) is 0 Å². The molecule has 26 heavy (non-hydrogen) atoms. The first kappa shape index (κ1) is 18.0. The first-order valence-electron chi connectivity index (χ1n) is 8.59. The van der Waals surface area contributed by atoms with Gasteiger partial charge in [0.25, 0.3) is 0 Å². The van der Waals surface area contributed by atoms with Gasteiger partial charge in [-0.15, -0.1) is 0 Å². The molecule has 1 aromatic heterocycles. The van der Waals surface area contributed by atoms with Gasteiger partial charge >= 0.3 is 0 Å². The number of nitrogens with one attached hydrogen (secondary N) is 1. The Labute approximate surface area is 152 Å². The van der Waals surface area contributed by atoms with Crippen molar-refractivity contribution in [1.82, 2.24) is 20.2 Å². The normalized spacial score (nSPS) is 15.2. The largest absolute Gasteiger partial charge is 0.384 e. The summed E-state index contributed by atoms with van der Waals surface area (Å²) >= 11 is 0. The third kappa shape index (κ3) is 4.86. The van der Waals surface area contributed by atoms with Crippen LogP contribution in [-0.4, -0.2) is 57.0 Å². The van der Waals surface area contributed by atoms with Crippen molar-refractivity contribution in [3.05, 3.63) is 60.2 Å². The van der Waals surface area contributed by atoms with Gasteiger partial charge in [-0.2, -0.15) is 0 Å². The molecule has 0 saturated carbocycles. The van der Waals surface area contributed by atoms with Crippen LogP contribution in [0.2, 0.25) is 0 Å². The summed E-state index contributed by atoms with van der Waals surface area (Å²) in [5, 5.41) is 13.2. The van der Waals surface area contributed by atoms with Crippen molar-refractivity contribution in [3.8, 4) is 0 Å². The molecule has 7 nitrogen and oxygen atoms in total. The molecule has 0 radical (unpaired) electrons. The van der Waals surface area contributed by atoms with Crippen LogP contribution in [0.1, 0.15) is 17.5 Å². The smallest absolute Gasteiger partial charge is 0.227 e. The molecular weight excluding hydrogens is 332 g/mol. The van der Waals surface area contributed by atoms with Crippen molar-refractivity contribution in [2.75, 3.05) is 19.6 Å². The van der Waals surface area contributed by atoms with Gasteiger partial charge in [0.2, 0.25) is 11.8 Å². The summed E-state index contributed by atoms with van der Waals surface area (Å²) in [6.45, 7) is 0.593. The molecule has 0 spiro atoms. The minimum atomic E-state index is -1.05. The molecule has 1 fully saturated rings. The minimum Gasteiger partial charge on any atom is -0.384 e. The number of aromatic nitrogens is 2. The van der Waals surface area contributed by atoms with Gasteiger partial charge in [0.15, 0.2) is 0 Å². The first-order valence-corrected chi connectivity index (χ1v) is 8.59. The lowest BCUT2D eigenvalue weighted by Crippen LogP contribution is -2.67. The number of β-amino-alcohol motifs (C(OH)–C–C–N with tert-alkyl or cyclic N) is 1. The quantitative estimate of drug-likeness (QED) is 0.748. The lowest BCUT2D eigenvalue weighted by Gasteiger charge is -2.46. The highest BCUT2D eigenvalue weighted by Gasteiger charge is 2.43. The van der Waals surface area contributed by atoms with Crippen LogP contribution in [0.15, 0.2) is 49.1 Å². The van der Waals surface area contributed by atoms with Crippen LogP contribution < -0.4 is 5.32 Å². The van der Waals surface area contributed by atoms with Crippen LogP contribution in [-0.2, 0) is 22.4 Å². The molecular formula is C19H22N4O3. The van der Waals surface area contributed by atoms with Crippen LogP contribution in [0.25, 0.3) is 0 Å². The Morgan fingerprint density at radius 2 is 1.81 bits per heavy atom. The van der Waals surface area contributed by atoms with E-state index in [2.05, 4.69) is 15.3 Å². The molecule has 3 rings (SSSR count). The number of carbonyl (C=O) groups excluding carboxylic acids is 2. The van der Waals surface area contributed by atoms with E-state index < -0.39 is 5.60 Å². The first-order chi connectivity index (χ1) is 12.5. The summed E-state index contributed by atoms with van der Waals surface area (Å²) < 4.78 is 0. The van der Waals surface area contributed by atoms with E-state index >= 15 is 0 Å². The Bertz CT molecular complexity index is 746. The van der Waals surface area contributed by atoms with E-state index in [-0.39, 0.29) is 37.9 Å². The maximum atomic E-state index is 12.2. The van der Waals surface area contributed by atoms with E-state index in [9.17, 15) is 14.7 Å². The van der Waals surface area contributed by atoms with Crippen LogP contribution in [0.5, 0.6) is 0 Å². The second-order valence-electron chi connectivity index (χ2n) is 6.66. The molecule has 136 valence electrons. The highest BCUT2D eigenvalue weighted by Crippen LogP contribution is 2.21. The molecule has 2 aromatic rings. The van der Waals surface area contributed by atoms with Crippen molar-refractivity contribution in [3.63, 3.8) is 0 Å². The summed E-state index contributed by atoms with van der Waals surface area (Å²) in [5.74, 6) is -0.187. The molecule has 1 aliphatic rings. The molecule has 1 aromatic carbocycles. The summed E-state index contributed by atoms with van der Waals surface area (Å²) in [7, 11) is 0. The van der Waals surface area contributed by atoms with Crippen LogP contribution in [0, 0.1) is 0 Å². The van der Waals surface area contributed by atoms with Crippen molar-refractivity contribution >= 4 is 11.8 Å². The van der Waals surface area contributed by atoms with Gasteiger partial charge in [-0.1, -0.05) is 30.3 Å². The Kier molecular flexibility index (Phi) is 5.58. The van der Waals surface area contributed by atoms with E-state index in [4.69, 9.17) is 0 Å². The van der Waals surface area contributed by atoms with E-state index in [1.807, 2.05) is 30.3 Å². The molecule has 1 aliphatic heterocycles.